The number of thioether (sulfide) groups is 1. The number of nitrogens with zero attached hydrogens (tertiary/aromatic N) is 1. The predicted molar refractivity (Wildman–Crippen MR) is 71.4 cm³/mol. The summed E-state index contributed by atoms with van der Waals surface area (Å²) in [7, 11) is 2.10. The van der Waals surface area contributed by atoms with Crippen LogP contribution in [-0.4, -0.2) is 23.5 Å². The minimum Gasteiger partial charge on any atom is -0.308 e. The standard InChI is InChI=1S/C12H18N2S2/c1-13-12(6-3-7-15-8-12)11-14-9-4-2-5-10(9)16-11/h13H,2-8H2,1H3. The van der Waals surface area contributed by atoms with Gasteiger partial charge in [-0.2, -0.15) is 11.8 Å². The number of aromatic nitrogens is 1. The fourth-order valence-corrected chi connectivity index (χ4v) is 5.39. The Hall–Kier alpha value is -0.0600. The zero-order valence-electron chi connectivity index (χ0n) is 9.71. The van der Waals surface area contributed by atoms with E-state index in [-0.39, 0.29) is 5.54 Å². The molecule has 3 rings (SSSR count). The lowest BCUT2D eigenvalue weighted by molar-refractivity contribution is 0.364. The molecule has 1 aliphatic carbocycles. The van der Waals surface area contributed by atoms with Crippen molar-refractivity contribution in [1.29, 1.82) is 0 Å². The Bertz CT molecular complexity index is 359. The van der Waals surface area contributed by atoms with Gasteiger partial charge in [0.05, 0.1) is 11.2 Å². The van der Waals surface area contributed by atoms with E-state index in [1.807, 2.05) is 11.3 Å². The maximum absolute atomic E-state index is 4.90. The summed E-state index contributed by atoms with van der Waals surface area (Å²) < 4.78 is 0. The zero-order chi connectivity index (χ0) is 11.0. The first-order valence-corrected chi connectivity index (χ1v) is 8.07. The Morgan fingerprint density at radius 2 is 2.25 bits per heavy atom. The Kier molecular flexibility index (Phi) is 2.98. The van der Waals surface area contributed by atoms with Gasteiger partial charge in [0.25, 0.3) is 0 Å². The van der Waals surface area contributed by atoms with Gasteiger partial charge in [-0.1, -0.05) is 0 Å². The summed E-state index contributed by atoms with van der Waals surface area (Å²) in [5.74, 6) is 2.50. The minimum absolute atomic E-state index is 0.178. The van der Waals surface area contributed by atoms with E-state index in [1.165, 1.54) is 54.3 Å². The maximum atomic E-state index is 4.90. The first-order chi connectivity index (χ1) is 7.84. The lowest BCUT2D eigenvalue weighted by Gasteiger charge is -2.34. The molecule has 1 aromatic rings. The molecule has 0 radical (unpaired) electrons. The second-order valence-electron chi connectivity index (χ2n) is 4.73. The molecule has 0 saturated carbocycles. The lowest BCUT2D eigenvalue weighted by atomic mass is 9.96. The monoisotopic (exact) mass is 254 g/mol. The molecule has 1 aromatic heterocycles. The van der Waals surface area contributed by atoms with Gasteiger partial charge in [0.1, 0.15) is 5.01 Å². The summed E-state index contributed by atoms with van der Waals surface area (Å²) in [5.41, 5.74) is 1.57. The third-order valence-corrected chi connectivity index (χ3v) is 6.36. The molecule has 2 aliphatic rings. The normalized spacial score (nSPS) is 29.3. The van der Waals surface area contributed by atoms with Crippen LogP contribution in [0.2, 0.25) is 0 Å². The summed E-state index contributed by atoms with van der Waals surface area (Å²) in [4.78, 5) is 6.46. The molecule has 1 N–H and O–H groups in total. The SMILES string of the molecule is CNC1(c2nc3c(s2)CCC3)CCCSC1. The van der Waals surface area contributed by atoms with Gasteiger partial charge in [-0.3, -0.25) is 0 Å². The van der Waals surface area contributed by atoms with E-state index >= 15 is 0 Å². The molecular weight excluding hydrogens is 236 g/mol. The van der Waals surface area contributed by atoms with Gasteiger partial charge in [-0.15, -0.1) is 11.3 Å². The maximum Gasteiger partial charge on any atom is 0.114 e. The van der Waals surface area contributed by atoms with Gasteiger partial charge in [0.15, 0.2) is 0 Å². The van der Waals surface area contributed by atoms with Crippen LogP contribution in [0, 0.1) is 0 Å². The fourth-order valence-electron chi connectivity index (χ4n) is 2.66. The molecule has 1 fully saturated rings. The third-order valence-electron chi connectivity index (χ3n) is 3.72. The summed E-state index contributed by atoms with van der Waals surface area (Å²) in [6.07, 6.45) is 6.35. The molecule has 1 saturated heterocycles. The molecule has 0 amide bonds. The molecule has 2 nitrogen and oxygen atoms in total. The minimum atomic E-state index is 0.178. The second kappa shape index (κ2) is 4.31. The van der Waals surface area contributed by atoms with Gasteiger partial charge < -0.3 is 5.32 Å². The zero-order valence-corrected chi connectivity index (χ0v) is 11.3. The van der Waals surface area contributed by atoms with Gasteiger partial charge in [-0.05, 0) is 44.9 Å². The largest absolute Gasteiger partial charge is 0.308 e. The van der Waals surface area contributed by atoms with E-state index in [0.717, 1.165) is 0 Å². The van der Waals surface area contributed by atoms with Crippen LogP contribution in [0.3, 0.4) is 0 Å². The molecular formula is C12H18N2S2. The quantitative estimate of drug-likeness (QED) is 0.878. The molecule has 0 aromatic carbocycles. The first kappa shape index (κ1) is 11.1. The van der Waals surface area contributed by atoms with Gasteiger partial charge in [0, 0.05) is 10.6 Å². The number of nitrogens with one attached hydrogen (secondary N) is 1. The average Bonchev–Trinajstić information content (AvgIpc) is 2.90. The van der Waals surface area contributed by atoms with E-state index in [4.69, 9.17) is 4.98 Å². The van der Waals surface area contributed by atoms with Crippen LogP contribution in [0.5, 0.6) is 0 Å². The number of hydrogen-bond donors (Lipinski definition) is 1. The van der Waals surface area contributed by atoms with Crippen molar-refractivity contribution < 1.29 is 0 Å². The molecule has 0 bridgehead atoms. The molecule has 0 spiro atoms. The van der Waals surface area contributed by atoms with Crippen LogP contribution < -0.4 is 5.32 Å². The van der Waals surface area contributed by atoms with E-state index < -0.39 is 0 Å². The molecule has 2 heterocycles. The van der Waals surface area contributed by atoms with Crippen molar-refractivity contribution in [3.05, 3.63) is 15.6 Å². The Labute approximate surface area is 105 Å². The second-order valence-corrected chi connectivity index (χ2v) is 6.92. The van der Waals surface area contributed by atoms with Crippen molar-refractivity contribution in [2.24, 2.45) is 0 Å². The van der Waals surface area contributed by atoms with Gasteiger partial charge >= 0.3 is 0 Å². The van der Waals surface area contributed by atoms with Crippen LogP contribution in [0.4, 0.5) is 0 Å². The Morgan fingerprint density at radius 3 is 2.94 bits per heavy atom. The molecule has 1 unspecified atom stereocenters. The molecule has 1 atom stereocenters. The van der Waals surface area contributed by atoms with E-state index in [9.17, 15) is 0 Å². The number of rotatable bonds is 2. The highest BCUT2D eigenvalue weighted by Gasteiger charge is 2.36. The molecule has 1 aliphatic heterocycles. The van der Waals surface area contributed by atoms with Crippen molar-refractivity contribution in [2.75, 3.05) is 18.6 Å². The van der Waals surface area contributed by atoms with Crippen molar-refractivity contribution >= 4 is 23.1 Å². The number of thiazole rings is 1. The van der Waals surface area contributed by atoms with Crippen LogP contribution in [0.25, 0.3) is 0 Å². The Morgan fingerprint density at radius 1 is 1.31 bits per heavy atom. The van der Waals surface area contributed by atoms with E-state index in [0.29, 0.717) is 0 Å². The summed E-state index contributed by atoms with van der Waals surface area (Å²) >= 11 is 4.03. The highest BCUT2D eigenvalue weighted by atomic mass is 32.2. The topological polar surface area (TPSA) is 24.9 Å². The highest BCUT2D eigenvalue weighted by Crippen LogP contribution is 2.39. The Balaban J connectivity index is 1.93. The van der Waals surface area contributed by atoms with Gasteiger partial charge in [0.2, 0.25) is 0 Å². The average molecular weight is 254 g/mol. The van der Waals surface area contributed by atoms with E-state index in [1.54, 1.807) is 4.88 Å². The van der Waals surface area contributed by atoms with Crippen molar-refractivity contribution in [1.82, 2.24) is 10.3 Å². The summed E-state index contributed by atoms with van der Waals surface area (Å²) in [6, 6.07) is 0. The third kappa shape index (κ3) is 1.71. The van der Waals surface area contributed by atoms with Crippen LogP contribution in [0.15, 0.2) is 0 Å². The molecule has 16 heavy (non-hydrogen) atoms. The number of fused-ring (bicyclic) bond motifs is 1. The lowest BCUT2D eigenvalue weighted by Crippen LogP contribution is -2.44. The van der Waals surface area contributed by atoms with Crippen LogP contribution in [-0.2, 0) is 18.4 Å². The van der Waals surface area contributed by atoms with E-state index in [2.05, 4.69) is 24.1 Å². The van der Waals surface area contributed by atoms with Crippen molar-refractivity contribution in [2.45, 2.75) is 37.6 Å². The number of hydrogen-bond acceptors (Lipinski definition) is 4. The van der Waals surface area contributed by atoms with Crippen LogP contribution in [0.1, 0.15) is 34.8 Å². The first-order valence-electron chi connectivity index (χ1n) is 6.10. The number of aryl methyl sites for hydroxylation is 2. The summed E-state index contributed by atoms with van der Waals surface area (Å²) in [5, 5.41) is 4.90. The summed E-state index contributed by atoms with van der Waals surface area (Å²) in [6.45, 7) is 0. The van der Waals surface area contributed by atoms with Gasteiger partial charge in [-0.25, -0.2) is 4.98 Å². The van der Waals surface area contributed by atoms with Crippen LogP contribution >= 0.6 is 23.1 Å². The molecule has 88 valence electrons. The van der Waals surface area contributed by atoms with Crippen molar-refractivity contribution in [3.63, 3.8) is 0 Å². The fraction of sp³-hybridized carbons (Fsp3) is 0.750. The predicted octanol–water partition coefficient (Wildman–Crippen LogP) is 2.57. The smallest absolute Gasteiger partial charge is 0.114 e. The van der Waals surface area contributed by atoms with Crippen molar-refractivity contribution in [3.8, 4) is 0 Å². The molecule has 4 heteroatoms. The highest BCUT2D eigenvalue weighted by molar-refractivity contribution is 7.99.